The predicted octanol–water partition coefficient (Wildman–Crippen LogP) is 6.08. The minimum Gasteiger partial charge on any atom is -0.497 e. The van der Waals surface area contributed by atoms with Gasteiger partial charge in [0.1, 0.15) is 23.3 Å². The molecule has 6 rings (SSSR count). The molecule has 9 heteroatoms. The van der Waals surface area contributed by atoms with Crippen molar-refractivity contribution in [2.45, 2.75) is 39.4 Å². The van der Waals surface area contributed by atoms with E-state index < -0.39 is 0 Å². The molecule has 0 amide bonds. The van der Waals surface area contributed by atoms with Crippen LogP contribution in [0, 0.1) is 11.3 Å². The quantitative estimate of drug-likeness (QED) is 0.182. The number of hydrogen-bond donors (Lipinski definition) is 1. The van der Waals surface area contributed by atoms with Crippen LogP contribution >= 0.6 is 0 Å². The summed E-state index contributed by atoms with van der Waals surface area (Å²) in [5, 5.41) is 16.2. The van der Waals surface area contributed by atoms with Crippen molar-refractivity contribution in [1.82, 2.24) is 23.6 Å². The van der Waals surface area contributed by atoms with Crippen molar-refractivity contribution in [2.24, 2.45) is 7.05 Å². The summed E-state index contributed by atoms with van der Waals surface area (Å²) in [6, 6.07) is 24.5. The van der Waals surface area contributed by atoms with Crippen LogP contribution in [0.2, 0.25) is 0 Å². The highest BCUT2D eigenvalue weighted by molar-refractivity contribution is 5.98. The van der Waals surface area contributed by atoms with Crippen molar-refractivity contribution in [1.29, 1.82) is 5.26 Å². The second-order valence-corrected chi connectivity index (χ2v) is 11.5. The van der Waals surface area contributed by atoms with Gasteiger partial charge in [0, 0.05) is 71.0 Å². The Hall–Kier alpha value is -5.20. The van der Waals surface area contributed by atoms with Gasteiger partial charge < -0.3 is 23.9 Å². The Bertz CT molecular complexity index is 2100. The van der Waals surface area contributed by atoms with Gasteiger partial charge in [-0.05, 0) is 37.2 Å². The zero-order valence-electron chi connectivity index (χ0n) is 26.4. The molecule has 0 aliphatic carbocycles. The Morgan fingerprint density at radius 1 is 0.933 bits per heavy atom. The highest BCUT2D eigenvalue weighted by atomic mass is 16.5. The summed E-state index contributed by atoms with van der Waals surface area (Å²) in [6.45, 7) is 6.13. The maximum absolute atomic E-state index is 14.6. The lowest BCUT2D eigenvalue weighted by molar-refractivity contribution is 0.390. The van der Waals surface area contributed by atoms with Crippen LogP contribution in [0.1, 0.15) is 31.5 Å². The van der Waals surface area contributed by atoms with Crippen LogP contribution in [0.4, 0.5) is 0 Å². The standard InChI is InChI=1S/C36H38N6O3/c1-24(2)38-17-10-18-40-22-29(27-11-6-9-14-31(27)40)35-32(20-37)41(21-25-15-16-26(44-4)19-34(25)45-5)36(43)42(35)33-23-39(3)30-13-8-7-12-28(30)33/h6-9,11-16,19,22-24,38H,10,17-18,21H2,1-5H3. The average molecular weight is 603 g/mol. The molecule has 1 N–H and O–H groups in total. The number of para-hydroxylation sites is 2. The third kappa shape index (κ3) is 5.38. The van der Waals surface area contributed by atoms with Crippen molar-refractivity contribution in [3.05, 3.63) is 101 Å². The molecule has 0 saturated carbocycles. The van der Waals surface area contributed by atoms with Crippen LogP contribution in [0.5, 0.6) is 11.5 Å². The van der Waals surface area contributed by atoms with E-state index >= 15 is 0 Å². The first kappa shape index (κ1) is 29.9. The second-order valence-electron chi connectivity index (χ2n) is 11.5. The van der Waals surface area contributed by atoms with Gasteiger partial charge in [-0.3, -0.25) is 9.13 Å². The molecular weight excluding hydrogens is 564 g/mol. The van der Waals surface area contributed by atoms with Crippen molar-refractivity contribution in [2.75, 3.05) is 20.8 Å². The fraction of sp³-hybridized carbons (Fsp3) is 0.278. The van der Waals surface area contributed by atoms with Gasteiger partial charge in [-0.25, -0.2) is 4.79 Å². The maximum Gasteiger partial charge on any atom is 0.334 e. The van der Waals surface area contributed by atoms with Crippen LogP contribution in [-0.2, 0) is 20.1 Å². The summed E-state index contributed by atoms with van der Waals surface area (Å²) in [7, 11) is 5.16. The lowest BCUT2D eigenvalue weighted by Gasteiger charge is -2.11. The Morgan fingerprint density at radius 3 is 2.38 bits per heavy atom. The molecule has 3 heterocycles. The number of imidazole rings is 1. The number of nitriles is 1. The molecule has 3 aromatic heterocycles. The van der Waals surface area contributed by atoms with Crippen LogP contribution in [0.15, 0.2) is 83.9 Å². The molecule has 0 aliphatic rings. The number of rotatable bonds is 11. The lowest BCUT2D eigenvalue weighted by atomic mass is 10.1. The van der Waals surface area contributed by atoms with Gasteiger partial charge in [0.25, 0.3) is 0 Å². The monoisotopic (exact) mass is 602 g/mol. The van der Waals surface area contributed by atoms with Crippen molar-refractivity contribution in [3.8, 4) is 34.5 Å². The molecule has 0 unspecified atom stereocenters. The van der Waals surface area contributed by atoms with E-state index in [1.54, 1.807) is 29.4 Å². The number of ether oxygens (including phenoxy) is 2. The predicted molar refractivity (Wildman–Crippen MR) is 179 cm³/mol. The van der Waals surface area contributed by atoms with E-state index in [4.69, 9.17) is 9.47 Å². The molecule has 0 bridgehead atoms. The number of aromatic nitrogens is 4. The summed E-state index contributed by atoms with van der Waals surface area (Å²) in [4.78, 5) is 14.6. The lowest BCUT2D eigenvalue weighted by Crippen LogP contribution is -2.24. The molecular formula is C36H38N6O3. The third-order valence-electron chi connectivity index (χ3n) is 8.36. The second kappa shape index (κ2) is 12.4. The summed E-state index contributed by atoms with van der Waals surface area (Å²) in [5.41, 5.74) is 4.94. The van der Waals surface area contributed by atoms with Crippen molar-refractivity contribution in [3.63, 3.8) is 0 Å². The Labute approximate surface area is 262 Å². The number of nitrogens with zero attached hydrogens (tertiary/aromatic N) is 5. The van der Waals surface area contributed by atoms with E-state index in [0.29, 0.717) is 23.2 Å². The Kier molecular flexibility index (Phi) is 8.24. The summed E-state index contributed by atoms with van der Waals surface area (Å²) >= 11 is 0. The first-order chi connectivity index (χ1) is 21.9. The van der Waals surface area contributed by atoms with E-state index in [1.165, 1.54) is 0 Å². The molecule has 45 heavy (non-hydrogen) atoms. The van der Waals surface area contributed by atoms with E-state index in [0.717, 1.165) is 58.1 Å². The molecule has 0 aliphatic heterocycles. The topological polar surface area (TPSA) is 91.1 Å². The minimum atomic E-state index is -0.297. The van der Waals surface area contributed by atoms with Gasteiger partial charge >= 0.3 is 5.69 Å². The maximum atomic E-state index is 14.6. The van der Waals surface area contributed by atoms with E-state index in [2.05, 4.69) is 48.1 Å². The van der Waals surface area contributed by atoms with Crippen LogP contribution in [-0.4, -0.2) is 45.1 Å². The molecule has 0 radical (unpaired) electrons. The van der Waals surface area contributed by atoms with Gasteiger partial charge in [-0.2, -0.15) is 5.26 Å². The molecule has 230 valence electrons. The van der Waals surface area contributed by atoms with Gasteiger partial charge in [-0.15, -0.1) is 0 Å². The number of hydrogen-bond acceptors (Lipinski definition) is 5. The van der Waals surface area contributed by atoms with Crippen molar-refractivity contribution < 1.29 is 9.47 Å². The highest BCUT2D eigenvalue weighted by Crippen LogP contribution is 2.36. The Balaban J connectivity index is 1.60. The highest BCUT2D eigenvalue weighted by Gasteiger charge is 2.27. The molecule has 0 fully saturated rings. The zero-order chi connectivity index (χ0) is 31.7. The van der Waals surface area contributed by atoms with Crippen LogP contribution in [0.3, 0.4) is 0 Å². The van der Waals surface area contributed by atoms with Gasteiger partial charge in [0.05, 0.1) is 32.1 Å². The molecule has 3 aromatic carbocycles. The molecule has 6 aromatic rings. The summed E-state index contributed by atoms with van der Waals surface area (Å²) in [6.07, 6.45) is 5.00. The molecule has 0 spiro atoms. The molecule has 0 atom stereocenters. The SMILES string of the molecule is COc1ccc(Cn2c(C#N)c(-c3cn(CCCNC(C)C)c4ccccc34)n(-c3cn(C)c4ccccc34)c2=O)c(OC)c1. The number of aryl methyl sites for hydroxylation is 2. The van der Waals surface area contributed by atoms with Gasteiger partial charge in [0.15, 0.2) is 0 Å². The summed E-state index contributed by atoms with van der Waals surface area (Å²) in [5.74, 6) is 1.23. The summed E-state index contributed by atoms with van der Waals surface area (Å²) < 4.78 is 18.6. The van der Waals surface area contributed by atoms with Gasteiger partial charge in [-0.1, -0.05) is 50.2 Å². The fourth-order valence-electron chi connectivity index (χ4n) is 6.19. The van der Waals surface area contributed by atoms with Crippen LogP contribution in [0.25, 0.3) is 38.8 Å². The fourth-order valence-corrected chi connectivity index (χ4v) is 6.19. The number of fused-ring (bicyclic) bond motifs is 2. The smallest absolute Gasteiger partial charge is 0.334 e. The largest absolute Gasteiger partial charge is 0.497 e. The third-order valence-corrected chi connectivity index (χ3v) is 8.36. The van der Waals surface area contributed by atoms with E-state index in [9.17, 15) is 10.1 Å². The first-order valence-corrected chi connectivity index (χ1v) is 15.2. The zero-order valence-corrected chi connectivity index (χ0v) is 26.4. The molecule has 9 nitrogen and oxygen atoms in total. The molecule has 0 saturated heterocycles. The Morgan fingerprint density at radius 2 is 1.67 bits per heavy atom. The van der Waals surface area contributed by atoms with Crippen LogP contribution < -0.4 is 20.5 Å². The number of methoxy groups -OCH3 is 2. The van der Waals surface area contributed by atoms with E-state index in [-0.39, 0.29) is 17.9 Å². The normalized spacial score (nSPS) is 11.5. The number of benzene rings is 3. The first-order valence-electron chi connectivity index (χ1n) is 15.2. The number of nitrogens with one attached hydrogen (secondary N) is 1. The van der Waals surface area contributed by atoms with Gasteiger partial charge in [0.2, 0.25) is 0 Å². The van der Waals surface area contributed by atoms with Crippen molar-refractivity contribution >= 4 is 21.8 Å². The minimum absolute atomic E-state index is 0.152. The average Bonchev–Trinajstić information content (AvgIpc) is 3.68. The van der Waals surface area contributed by atoms with E-state index in [1.807, 2.05) is 66.3 Å².